The lowest BCUT2D eigenvalue weighted by Crippen LogP contribution is -2.09. The Morgan fingerprint density at radius 1 is 1.12 bits per heavy atom. The van der Waals surface area contributed by atoms with Gasteiger partial charge in [0.1, 0.15) is 0 Å². The largest absolute Gasteiger partial charge is 0.127 e. The summed E-state index contributed by atoms with van der Waals surface area (Å²) in [7, 11) is 0. The predicted molar refractivity (Wildman–Crippen MR) is 71.3 cm³/mol. The molecule has 0 amide bonds. The van der Waals surface area contributed by atoms with Crippen LogP contribution in [0.2, 0.25) is 0 Å². The van der Waals surface area contributed by atoms with Crippen LogP contribution in [0.5, 0.6) is 0 Å². The monoisotopic (exact) mass is 236 g/mol. The highest BCUT2D eigenvalue weighted by Crippen LogP contribution is 2.34. The van der Waals surface area contributed by atoms with Crippen molar-refractivity contribution >= 4 is 11.6 Å². The first-order valence-electron chi connectivity index (χ1n) is 6.55. The molecular weight excluding hydrogens is 216 g/mol. The minimum atomic E-state index is 0.820. The molecule has 2 rings (SSSR count). The number of hydrogen-bond acceptors (Lipinski definition) is 0. The molecule has 0 unspecified atom stereocenters. The molecule has 1 aliphatic carbocycles. The van der Waals surface area contributed by atoms with E-state index in [0.717, 1.165) is 11.8 Å². The van der Waals surface area contributed by atoms with E-state index in [4.69, 9.17) is 11.6 Å². The SMILES string of the molecule is ClCCCCC[C@H]1CCCc2ccccc21. The third-order valence-electron chi connectivity index (χ3n) is 3.68. The van der Waals surface area contributed by atoms with Crippen LogP contribution in [0.15, 0.2) is 24.3 Å². The summed E-state index contributed by atoms with van der Waals surface area (Å²) in [5, 5.41) is 0. The summed E-state index contributed by atoms with van der Waals surface area (Å²) >= 11 is 5.70. The molecule has 0 fully saturated rings. The third-order valence-corrected chi connectivity index (χ3v) is 3.95. The average Bonchev–Trinajstić information content (AvgIpc) is 2.35. The summed E-state index contributed by atoms with van der Waals surface area (Å²) in [6, 6.07) is 9.01. The normalized spacial score (nSPS) is 19.4. The fourth-order valence-electron chi connectivity index (χ4n) is 2.82. The van der Waals surface area contributed by atoms with Crippen molar-refractivity contribution < 1.29 is 0 Å². The van der Waals surface area contributed by atoms with Gasteiger partial charge in [-0.1, -0.05) is 37.1 Å². The van der Waals surface area contributed by atoms with E-state index in [0.29, 0.717) is 0 Å². The lowest BCUT2D eigenvalue weighted by Gasteiger charge is -2.25. The van der Waals surface area contributed by atoms with E-state index in [9.17, 15) is 0 Å². The second-order valence-electron chi connectivity index (χ2n) is 4.83. The van der Waals surface area contributed by atoms with Crippen LogP contribution in [0.3, 0.4) is 0 Å². The first-order chi connectivity index (χ1) is 7.92. The smallest absolute Gasteiger partial charge is 0.0223 e. The van der Waals surface area contributed by atoms with Gasteiger partial charge in [-0.15, -0.1) is 11.6 Å². The zero-order chi connectivity index (χ0) is 11.2. The van der Waals surface area contributed by atoms with E-state index >= 15 is 0 Å². The molecule has 0 saturated carbocycles. The second-order valence-corrected chi connectivity index (χ2v) is 5.20. The van der Waals surface area contributed by atoms with Crippen LogP contribution in [0.4, 0.5) is 0 Å². The van der Waals surface area contributed by atoms with E-state index in [2.05, 4.69) is 24.3 Å². The quantitative estimate of drug-likeness (QED) is 0.504. The van der Waals surface area contributed by atoms with Gasteiger partial charge in [0.15, 0.2) is 0 Å². The van der Waals surface area contributed by atoms with Gasteiger partial charge in [0.2, 0.25) is 0 Å². The first-order valence-corrected chi connectivity index (χ1v) is 7.09. The number of aryl methyl sites for hydroxylation is 1. The van der Waals surface area contributed by atoms with Crippen LogP contribution in [0.25, 0.3) is 0 Å². The van der Waals surface area contributed by atoms with Crippen LogP contribution in [0.1, 0.15) is 55.6 Å². The third kappa shape index (κ3) is 3.01. The van der Waals surface area contributed by atoms with Crippen molar-refractivity contribution in [3.8, 4) is 0 Å². The van der Waals surface area contributed by atoms with Gasteiger partial charge in [-0.3, -0.25) is 0 Å². The van der Waals surface area contributed by atoms with Gasteiger partial charge in [0, 0.05) is 5.88 Å². The summed E-state index contributed by atoms with van der Waals surface area (Å²) in [5.41, 5.74) is 3.22. The van der Waals surface area contributed by atoms with Gasteiger partial charge in [-0.2, -0.15) is 0 Å². The van der Waals surface area contributed by atoms with E-state index in [1.165, 1.54) is 44.9 Å². The Hall–Kier alpha value is -0.490. The zero-order valence-electron chi connectivity index (χ0n) is 9.92. The van der Waals surface area contributed by atoms with Gasteiger partial charge < -0.3 is 0 Å². The van der Waals surface area contributed by atoms with E-state index in [1.54, 1.807) is 11.1 Å². The van der Waals surface area contributed by atoms with E-state index in [-0.39, 0.29) is 0 Å². The molecule has 0 bridgehead atoms. The van der Waals surface area contributed by atoms with Gasteiger partial charge in [-0.05, 0) is 49.1 Å². The van der Waals surface area contributed by atoms with Crippen molar-refractivity contribution in [2.24, 2.45) is 0 Å². The number of halogens is 1. The highest BCUT2D eigenvalue weighted by molar-refractivity contribution is 6.17. The molecule has 16 heavy (non-hydrogen) atoms. The molecule has 1 atom stereocenters. The number of unbranched alkanes of at least 4 members (excludes halogenated alkanes) is 2. The molecule has 0 saturated heterocycles. The molecule has 0 aliphatic heterocycles. The van der Waals surface area contributed by atoms with Crippen LogP contribution in [0, 0.1) is 0 Å². The van der Waals surface area contributed by atoms with Gasteiger partial charge in [0.05, 0.1) is 0 Å². The van der Waals surface area contributed by atoms with E-state index < -0.39 is 0 Å². The molecule has 1 aliphatic rings. The Labute approximate surface area is 104 Å². The summed E-state index contributed by atoms with van der Waals surface area (Å²) < 4.78 is 0. The maximum Gasteiger partial charge on any atom is 0.0223 e. The Kier molecular flexibility index (Phi) is 4.71. The predicted octanol–water partition coefficient (Wildman–Crippen LogP) is 4.91. The summed E-state index contributed by atoms with van der Waals surface area (Å²) in [6.45, 7) is 0. The van der Waals surface area contributed by atoms with Crippen LogP contribution >= 0.6 is 11.6 Å². The fourth-order valence-corrected chi connectivity index (χ4v) is 3.01. The fraction of sp³-hybridized carbons (Fsp3) is 0.600. The summed E-state index contributed by atoms with van der Waals surface area (Å²) in [6.07, 6.45) is 9.21. The first kappa shape index (κ1) is 12.0. The van der Waals surface area contributed by atoms with Gasteiger partial charge >= 0.3 is 0 Å². The van der Waals surface area contributed by atoms with Crippen molar-refractivity contribution in [2.75, 3.05) is 5.88 Å². The molecule has 88 valence electrons. The molecule has 0 radical (unpaired) electrons. The molecule has 1 aromatic carbocycles. The summed E-state index contributed by atoms with van der Waals surface area (Å²) in [4.78, 5) is 0. The summed E-state index contributed by atoms with van der Waals surface area (Å²) in [5.74, 6) is 1.64. The Morgan fingerprint density at radius 3 is 2.88 bits per heavy atom. The van der Waals surface area contributed by atoms with Crippen LogP contribution in [-0.4, -0.2) is 5.88 Å². The molecular formula is C15H21Cl. The highest BCUT2D eigenvalue weighted by atomic mass is 35.5. The minimum absolute atomic E-state index is 0.820. The van der Waals surface area contributed by atoms with Crippen molar-refractivity contribution in [3.05, 3.63) is 35.4 Å². The Morgan fingerprint density at radius 2 is 2.00 bits per heavy atom. The Bertz CT molecular complexity index is 319. The van der Waals surface area contributed by atoms with Gasteiger partial charge in [0.25, 0.3) is 0 Å². The topological polar surface area (TPSA) is 0 Å². The Balaban J connectivity index is 1.91. The average molecular weight is 237 g/mol. The lowest BCUT2D eigenvalue weighted by atomic mass is 9.80. The van der Waals surface area contributed by atoms with Crippen LogP contribution < -0.4 is 0 Å². The molecule has 0 N–H and O–H groups in total. The molecule has 1 heteroatoms. The van der Waals surface area contributed by atoms with Crippen molar-refractivity contribution in [1.29, 1.82) is 0 Å². The number of alkyl halides is 1. The maximum atomic E-state index is 5.70. The molecule has 0 nitrogen and oxygen atoms in total. The standard InChI is InChI=1S/C15H21Cl/c16-12-5-1-2-7-13-9-6-10-14-8-3-4-11-15(13)14/h3-4,8,11,13H,1-2,5-7,9-10,12H2/t13-/m0/s1. The van der Waals surface area contributed by atoms with Crippen molar-refractivity contribution in [1.82, 2.24) is 0 Å². The van der Waals surface area contributed by atoms with Crippen LogP contribution in [-0.2, 0) is 6.42 Å². The van der Waals surface area contributed by atoms with Crippen molar-refractivity contribution in [3.63, 3.8) is 0 Å². The zero-order valence-corrected chi connectivity index (χ0v) is 10.7. The number of fused-ring (bicyclic) bond motifs is 1. The van der Waals surface area contributed by atoms with Gasteiger partial charge in [-0.25, -0.2) is 0 Å². The lowest BCUT2D eigenvalue weighted by molar-refractivity contribution is 0.494. The molecule has 0 aromatic heterocycles. The maximum absolute atomic E-state index is 5.70. The second kappa shape index (κ2) is 6.30. The number of benzene rings is 1. The minimum Gasteiger partial charge on any atom is -0.127 e. The molecule has 0 heterocycles. The number of hydrogen-bond donors (Lipinski definition) is 0. The number of rotatable bonds is 5. The molecule has 1 aromatic rings. The van der Waals surface area contributed by atoms with E-state index in [1.807, 2.05) is 0 Å². The highest BCUT2D eigenvalue weighted by Gasteiger charge is 2.18. The van der Waals surface area contributed by atoms with Crippen molar-refractivity contribution in [2.45, 2.75) is 50.9 Å². The molecule has 0 spiro atoms.